The molecule has 0 fully saturated rings. The highest BCUT2D eigenvalue weighted by atomic mass is 32.1. The summed E-state index contributed by atoms with van der Waals surface area (Å²) in [6.45, 7) is 5.54. The molecule has 2 amide bonds. The Morgan fingerprint density at radius 1 is 1.39 bits per heavy atom. The van der Waals surface area contributed by atoms with Crippen LogP contribution in [0.25, 0.3) is 11.5 Å². The predicted molar refractivity (Wildman–Crippen MR) is 88.8 cm³/mol. The second-order valence-electron chi connectivity index (χ2n) is 5.47. The summed E-state index contributed by atoms with van der Waals surface area (Å²) in [5.41, 5.74) is 6.42. The quantitative estimate of drug-likeness (QED) is 0.747. The van der Waals surface area contributed by atoms with Crippen LogP contribution in [0.15, 0.2) is 21.9 Å². The molecule has 0 radical (unpaired) electrons. The molecular formula is C15H20N4O3S. The first-order valence-electron chi connectivity index (χ1n) is 7.22. The molecule has 0 aliphatic carbocycles. The fourth-order valence-electron chi connectivity index (χ4n) is 1.76. The molecule has 8 heteroatoms. The summed E-state index contributed by atoms with van der Waals surface area (Å²) in [5, 5.41) is 7.63. The number of aromatic nitrogens is 1. The Morgan fingerprint density at radius 3 is 2.78 bits per heavy atom. The van der Waals surface area contributed by atoms with Crippen molar-refractivity contribution in [1.82, 2.24) is 10.3 Å². The van der Waals surface area contributed by atoms with Crippen LogP contribution in [-0.2, 0) is 16.1 Å². The van der Waals surface area contributed by atoms with Gasteiger partial charge in [-0.3, -0.25) is 9.59 Å². The van der Waals surface area contributed by atoms with Gasteiger partial charge in [0, 0.05) is 12.3 Å². The number of furan rings is 1. The van der Waals surface area contributed by atoms with Gasteiger partial charge in [-0.05, 0) is 18.1 Å². The molecule has 1 unspecified atom stereocenters. The van der Waals surface area contributed by atoms with Crippen molar-refractivity contribution in [2.45, 2.75) is 33.4 Å². The van der Waals surface area contributed by atoms with Gasteiger partial charge in [0.15, 0.2) is 10.9 Å². The van der Waals surface area contributed by atoms with Gasteiger partial charge in [0.2, 0.25) is 11.8 Å². The number of nitrogens with one attached hydrogen (secondary N) is 2. The third-order valence-corrected chi connectivity index (χ3v) is 3.94. The van der Waals surface area contributed by atoms with Crippen molar-refractivity contribution in [3.63, 3.8) is 0 Å². The van der Waals surface area contributed by atoms with E-state index >= 15 is 0 Å². The van der Waals surface area contributed by atoms with Gasteiger partial charge in [-0.2, -0.15) is 0 Å². The molecular weight excluding hydrogens is 316 g/mol. The number of hydrogen-bond acceptors (Lipinski definition) is 6. The number of thiazole rings is 1. The van der Waals surface area contributed by atoms with Crippen LogP contribution in [0.1, 0.15) is 26.5 Å². The van der Waals surface area contributed by atoms with E-state index in [9.17, 15) is 9.59 Å². The molecule has 0 aliphatic rings. The summed E-state index contributed by atoms with van der Waals surface area (Å²) in [6.07, 6.45) is 0. The van der Waals surface area contributed by atoms with Gasteiger partial charge < -0.3 is 20.8 Å². The van der Waals surface area contributed by atoms with E-state index in [4.69, 9.17) is 10.2 Å². The summed E-state index contributed by atoms with van der Waals surface area (Å²) < 4.78 is 5.62. The first-order valence-corrected chi connectivity index (χ1v) is 8.10. The summed E-state index contributed by atoms with van der Waals surface area (Å²) in [5.74, 6) is 0.886. The lowest BCUT2D eigenvalue weighted by atomic mass is 10.1. The zero-order valence-electron chi connectivity index (χ0n) is 13.3. The fraction of sp³-hybridized carbons (Fsp3) is 0.400. The van der Waals surface area contributed by atoms with E-state index in [1.807, 2.05) is 13.8 Å². The average molecular weight is 336 g/mol. The number of carbonyl (C=O) groups is 2. The number of nitrogens with zero attached hydrogens (tertiary/aromatic N) is 1. The van der Waals surface area contributed by atoms with Crippen LogP contribution >= 0.6 is 11.3 Å². The summed E-state index contributed by atoms with van der Waals surface area (Å²) in [4.78, 5) is 27.1. The standard InChI is InChI=1S/C15H20N4O3S/c1-8(2)13(16)14(21)19-15-18-11(7-23-15)12-5-4-10(22-12)6-17-9(3)20/h4-5,7-8,13H,6,16H2,1-3H3,(H,17,20)(H,18,19,21). The largest absolute Gasteiger partial charge is 0.458 e. The maximum Gasteiger partial charge on any atom is 0.243 e. The van der Waals surface area contributed by atoms with Crippen molar-refractivity contribution >= 4 is 28.3 Å². The lowest BCUT2D eigenvalue weighted by Crippen LogP contribution is -2.39. The Kier molecular flexibility index (Phi) is 5.51. The highest BCUT2D eigenvalue weighted by molar-refractivity contribution is 7.14. The first-order chi connectivity index (χ1) is 10.9. The number of rotatable bonds is 6. The van der Waals surface area contributed by atoms with E-state index in [0.29, 0.717) is 28.9 Å². The smallest absolute Gasteiger partial charge is 0.243 e. The van der Waals surface area contributed by atoms with Crippen LogP contribution in [0, 0.1) is 5.92 Å². The Balaban J connectivity index is 2.02. The zero-order chi connectivity index (χ0) is 17.0. The molecule has 0 aromatic carbocycles. The normalized spacial score (nSPS) is 12.2. The molecule has 2 aromatic heterocycles. The van der Waals surface area contributed by atoms with Crippen molar-refractivity contribution in [2.75, 3.05) is 5.32 Å². The van der Waals surface area contributed by atoms with Gasteiger partial charge >= 0.3 is 0 Å². The molecule has 7 nitrogen and oxygen atoms in total. The second-order valence-corrected chi connectivity index (χ2v) is 6.33. The minimum Gasteiger partial charge on any atom is -0.458 e. The predicted octanol–water partition coefficient (Wildman–Crippen LogP) is 1.96. The first kappa shape index (κ1) is 17.2. The highest BCUT2D eigenvalue weighted by Gasteiger charge is 2.19. The van der Waals surface area contributed by atoms with Crippen LogP contribution in [0.5, 0.6) is 0 Å². The van der Waals surface area contributed by atoms with E-state index in [1.165, 1.54) is 18.3 Å². The Bertz CT molecular complexity index is 692. The molecule has 2 heterocycles. The number of amides is 2. The van der Waals surface area contributed by atoms with Gasteiger partial charge in [0.25, 0.3) is 0 Å². The molecule has 0 saturated heterocycles. The average Bonchev–Trinajstić information content (AvgIpc) is 3.12. The highest BCUT2D eigenvalue weighted by Crippen LogP contribution is 2.26. The van der Waals surface area contributed by atoms with E-state index in [-0.39, 0.29) is 17.7 Å². The van der Waals surface area contributed by atoms with E-state index in [1.54, 1.807) is 17.5 Å². The minimum absolute atomic E-state index is 0.0517. The lowest BCUT2D eigenvalue weighted by Gasteiger charge is -2.13. The van der Waals surface area contributed by atoms with Crippen molar-refractivity contribution in [3.8, 4) is 11.5 Å². The van der Waals surface area contributed by atoms with Crippen molar-refractivity contribution in [3.05, 3.63) is 23.3 Å². The zero-order valence-corrected chi connectivity index (χ0v) is 14.1. The van der Waals surface area contributed by atoms with E-state index in [0.717, 1.165) is 0 Å². The van der Waals surface area contributed by atoms with Crippen LogP contribution in [-0.4, -0.2) is 22.8 Å². The molecule has 2 rings (SSSR count). The van der Waals surface area contributed by atoms with Crippen molar-refractivity contribution < 1.29 is 14.0 Å². The van der Waals surface area contributed by atoms with Crippen LogP contribution in [0.2, 0.25) is 0 Å². The number of nitrogens with two attached hydrogens (primary N) is 1. The molecule has 2 aromatic rings. The van der Waals surface area contributed by atoms with Gasteiger partial charge in [0.05, 0.1) is 12.6 Å². The summed E-state index contributed by atoms with van der Waals surface area (Å²) in [6, 6.07) is 2.98. The Hall–Kier alpha value is -2.19. The van der Waals surface area contributed by atoms with Gasteiger partial charge in [-0.25, -0.2) is 4.98 Å². The monoisotopic (exact) mass is 336 g/mol. The minimum atomic E-state index is -0.574. The maximum atomic E-state index is 11.9. The van der Waals surface area contributed by atoms with Crippen molar-refractivity contribution in [1.29, 1.82) is 0 Å². The second kappa shape index (κ2) is 7.38. The molecule has 0 bridgehead atoms. The van der Waals surface area contributed by atoms with Crippen LogP contribution < -0.4 is 16.4 Å². The van der Waals surface area contributed by atoms with Gasteiger partial charge in [0.1, 0.15) is 11.5 Å². The molecule has 4 N–H and O–H groups in total. The molecule has 124 valence electrons. The topological polar surface area (TPSA) is 110 Å². The third-order valence-electron chi connectivity index (χ3n) is 3.18. The van der Waals surface area contributed by atoms with Gasteiger partial charge in [-0.1, -0.05) is 13.8 Å². The molecule has 0 saturated carbocycles. The molecule has 0 aliphatic heterocycles. The SMILES string of the molecule is CC(=O)NCc1ccc(-c2csc(NC(=O)C(N)C(C)C)n2)o1. The van der Waals surface area contributed by atoms with Crippen LogP contribution in [0.4, 0.5) is 5.13 Å². The van der Waals surface area contributed by atoms with Crippen molar-refractivity contribution in [2.24, 2.45) is 11.7 Å². The number of carbonyl (C=O) groups excluding carboxylic acids is 2. The van der Waals surface area contributed by atoms with Crippen LogP contribution in [0.3, 0.4) is 0 Å². The third kappa shape index (κ3) is 4.64. The summed E-state index contributed by atoms with van der Waals surface area (Å²) in [7, 11) is 0. The summed E-state index contributed by atoms with van der Waals surface area (Å²) >= 11 is 1.30. The Morgan fingerprint density at radius 2 is 2.13 bits per heavy atom. The van der Waals surface area contributed by atoms with Gasteiger partial charge in [-0.15, -0.1) is 11.3 Å². The fourth-order valence-corrected chi connectivity index (χ4v) is 2.46. The molecule has 23 heavy (non-hydrogen) atoms. The van der Waals surface area contributed by atoms with E-state index in [2.05, 4.69) is 15.6 Å². The maximum absolute atomic E-state index is 11.9. The molecule has 0 spiro atoms. The number of hydrogen-bond donors (Lipinski definition) is 3. The van der Waals surface area contributed by atoms with E-state index < -0.39 is 6.04 Å². The Labute approximate surface area is 138 Å². The molecule has 1 atom stereocenters. The number of anilines is 1. The lowest BCUT2D eigenvalue weighted by molar-refractivity contribution is -0.119.